The number of aromatic nitrogens is 2. The summed E-state index contributed by atoms with van der Waals surface area (Å²) in [7, 11) is 0. The van der Waals surface area contributed by atoms with Crippen LogP contribution in [0.4, 0.5) is 11.4 Å². The van der Waals surface area contributed by atoms with Crippen molar-refractivity contribution in [3.63, 3.8) is 0 Å². The number of aryl methyl sites for hydroxylation is 1. The van der Waals surface area contributed by atoms with Gasteiger partial charge in [-0.2, -0.15) is 0 Å². The Morgan fingerprint density at radius 3 is 2.14 bits per heavy atom. The third-order valence-corrected chi connectivity index (χ3v) is 4.06. The largest absolute Gasteiger partial charge is 0.326 e. The molecule has 0 aliphatic rings. The van der Waals surface area contributed by atoms with E-state index in [1.54, 1.807) is 31.2 Å². The van der Waals surface area contributed by atoms with Gasteiger partial charge in [-0.1, -0.05) is 30.3 Å². The molecule has 3 aromatic rings. The van der Waals surface area contributed by atoms with Gasteiger partial charge in [-0.15, -0.1) is 0 Å². The standard InChI is InChI=1S/C21H20N4O3/c1-14-22-19(16-6-4-3-5-7-16)12-21(28)25(14)13-20(27)24-18-10-8-17(9-11-18)23-15(2)26/h3-12H,13H2,1-2H3,(H,23,26)(H,24,27). The maximum Gasteiger partial charge on any atom is 0.254 e. The second-order valence-electron chi connectivity index (χ2n) is 6.29. The molecule has 2 aromatic carbocycles. The minimum Gasteiger partial charge on any atom is -0.326 e. The van der Waals surface area contributed by atoms with Gasteiger partial charge in [0.15, 0.2) is 0 Å². The fourth-order valence-corrected chi connectivity index (χ4v) is 2.75. The molecule has 0 radical (unpaired) electrons. The zero-order chi connectivity index (χ0) is 20.1. The zero-order valence-electron chi connectivity index (χ0n) is 15.6. The summed E-state index contributed by atoms with van der Waals surface area (Å²) in [6.07, 6.45) is 0. The lowest BCUT2D eigenvalue weighted by atomic mass is 10.1. The van der Waals surface area contributed by atoms with Crippen molar-refractivity contribution in [2.45, 2.75) is 20.4 Å². The summed E-state index contributed by atoms with van der Waals surface area (Å²) in [5.41, 5.74) is 2.34. The number of carbonyl (C=O) groups excluding carboxylic acids is 2. The summed E-state index contributed by atoms with van der Waals surface area (Å²) in [5, 5.41) is 5.39. The summed E-state index contributed by atoms with van der Waals surface area (Å²) in [5.74, 6) is -0.0488. The number of hydrogen-bond acceptors (Lipinski definition) is 4. The molecule has 2 N–H and O–H groups in total. The first kappa shape index (κ1) is 19.0. The zero-order valence-corrected chi connectivity index (χ0v) is 15.6. The van der Waals surface area contributed by atoms with Gasteiger partial charge in [0.25, 0.3) is 5.56 Å². The fourth-order valence-electron chi connectivity index (χ4n) is 2.75. The SMILES string of the molecule is CC(=O)Nc1ccc(NC(=O)Cn2c(C)nc(-c3ccccc3)cc2=O)cc1. The number of benzene rings is 2. The van der Waals surface area contributed by atoms with Crippen LogP contribution in [0.15, 0.2) is 65.5 Å². The van der Waals surface area contributed by atoms with E-state index in [1.807, 2.05) is 30.3 Å². The average molecular weight is 376 g/mol. The predicted octanol–water partition coefficient (Wildman–Crippen LogP) is 2.82. The highest BCUT2D eigenvalue weighted by Crippen LogP contribution is 2.15. The number of amides is 2. The van der Waals surface area contributed by atoms with E-state index < -0.39 is 0 Å². The summed E-state index contributed by atoms with van der Waals surface area (Å²) in [6, 6.07) is 17.6. The summed E-state index contributed by atoms with van der Waals surface area (Å²) >= 11 is 0. The molecule has 0 atom stereocenters. The monoisotopic (exact) mass is 376 g/mol. The van der Waals surface area contributed by atoms with Crippen LogP contribution in [-0.2, 0) is 16.1 Å². The van der Waals surface area contributed by atoms with Crippen molar-refractivity contribution in [2.24, 2.45) is 0 Å². The Balaban J connectivity index is 1.72. The Kier molecular flexibility index (Phi) is 5.64. The minimum atomic E-state index is -0.341. The van der Waals surface area contributed by atoms with Crippen molar-refractivity contribution in [1.82, 2.24) is 9.55 Å². The first-order valence-electron chi connectivity index (χ1n) is 8.74. The van der Waals surface area contributed by atoms with Crippen LogP contribution in [-0.4, -0.2) is 21.4 Å². The van der Waals surface area contributed by atoms with Crippen LogP contribution in [0.25, 0.3) is 11.3 Å². The number of nitrogens with zero attached hydrogens (tertiary/aromatic N) is 2. The predicted molar refractivity (Wildman–Crippen MR) is 108 cm³/mol. The Hall–Kier alpha value is -3.74. The molecule has 0 aliphatic carbocycles. The number of rotatable bonds is 5. The lowest BCUT2D eigenvalue weighted by molar-refractivity contribution is -0.117. The van der Waals surface area contributed by atoms with Crippen molar-refractivity contribution in [3.05, 3.63) is 76.8 Å². The number of anilines is 2. The fraction of sp³-hybridized carbons (Fsp3) is 0.143. The van der Waals surface area contributed by atoms with Crippen LogP contribution >= 0.6 is 0 Å². The van der Waals surface area contributed by atoms with Gasteiger partial charge in [0.2, 0.25) is 11.8 Å². The molecule has 1 aromatic heterocycles. The molecule has 28 heavy (non-hydrogen) atoms. The quantitative estimate of drug-likeness (QED) is 0.716. The first-order chi connectivity index (χ1) is 13.4. The van der Waals surface area contributed by atoms with Crippen LogP contribution in [0.1, 0.15) is 12.7 Å². The molecule has 2 amide bonds. The van der Waals surface area contributed by atoms with Gasteiger partial charge in [0.1, 0.15) is 12.4 Å². The molecular formula is C21H20N4O3. The third-order valence-electron chi connectivity index (χ3n) is 4.06. The Morgan fingerprint density at radius 2 is 1.57 bits per heavy atom. The second-order valence-corrected chi connectivity index (χ2v) is 6.29. The van der Waals surface area contributed by atoms with Crippen LogP contribution in [0.2, 0.25) is 0 Å². The van der Waals surface area contributed by atoms with Gasteiger partial charge in [0, 0.05) is 29.9 Å². The van der Waals surface area contributed by atoms with Crippen molar-refractivity contribution < 1.29 is 9.59 Å². The molecular weight excluding hydrogens is 356 g/mol. The molecule has 0 spiro atoms. The van der Waals surface area contributed by atoms with Crippen molar-refractivity contribution in [2.75, 3.05) is 10.6 Å². The van der Waals surface area contributed by atoms with Gasteiger partial charge < -0.3 is 10.6 Å². The van der Waals surface area contributed by atoms with Gasteiger partial charge in [-0.3, -0.25) is 19.0 Å². The van der Waals surface area contributed by atoms with Crippen molar-refractivity contribution in [1.29, 1.82) is 0 Å². The molecule has 0 unspecified atom stereocenters. The third kappa shape index (κ3) is 4.70. The summed E-state index contributed by atoms with van der Waals surface area (Å²) in [6.45, 7) is 2.98. The maximum atomic E-state index is 12.5. The maximum absolute atomic E-state index is 12.5. The van der Waals surface area contributed by atoms with E-state index in [-0.39, 0.29) is 23.9 Å². The Morgan fingerprint density at radius 1 is 0.964 bits per heavy atom. The number of nitrogens with one attached hydrogen (secondary N) is 2. The van der Waals surface area contributed by atoms with E-state index in [1.165, 1.54) is 17.6 Å². The molecule has 0 saturated carbocycles. The van der Waals surface area contributed by atoms with E-state index in [9.17, 15) is 14.4 Å². The molecule has 3 rings (SSSR count). The van der Waals surface area contributed by atoms with E-state index in [2.05, 4.69) is 15.6 Å². The van der Waals surface area contributed by atoms with Gasteiger partial charge in [0.05, 0.1) is 5.69 Å². The van der Waals surface area contributed by atoms with E-state index in [0.717, 1.165) is 5.56 Å². The highest BCUT2D eigenvalue weighted by molar-refractivity contribution is 5.92. The normalized spacial score (nSPS) is 10.4. The minimum absolute atomic E-state index is 0.139. The average Bonchev–Trinajstić information content (AvgIpc) is 2.66. The van der Waals surface area contributed by atoms with E-state index >= 15 is 0 Å². The Bertz CT molecular complexity index is 1060. The van der Waals surface area contributed by atoms with Crippen LogP contribution < -0.4 is 16.2 Å². The van der Waals surface area contributed by atoms with Gasteiger partial charge in [-0.05, 0) is 31.2 Å². The van der Waals surface area contributed by atoms with E-state index in [4.69, 9.17) is 0 Å². The molecule has 0 fully saturated rings. The lowest BCUT2D eigenvalue weighted by Crippen LogP contribution is -2.29. The molecule has 0 bridgehead atoms. The van der Waals surface area contributed by atoms with Crippen molar-refractivity contribution in [3.8, 4) is 11.3 Å². The number of hydrogen-bond donors (Lipinski definition) is 2. The second kappa shape index (κ2) is 8.30. The smallest absolute Gasteiger partial charge is 0.254 e. The lowest BCUT2D eigenvalue weighted by Gasteiger charge is -2.11. The highest BCUT2D eigenvalue weighted by Gasteiger charge is 2.11. The summed E-state index contributed by atoms with van der Waals surface area (Å²) < 4.78 is 1.33. The van der Waals surface area contributed by atoms with Crippen molar-refractivity contribution >= 4 is 23.2 Å². The topological polar surface area (TPSA) is 93.1 Å². The molecule has 1 heterocycles. The van der Waals surface area contributed by atoms with Gasteiger partial charge in [-0.25, -0.2) is 4.98 Å². The van der Waals surface area contributed by atoms with Gasteiger partial charge >= 0.3 is 0 Å². The molecule has 0 aliphatic heterocycles. The molecule has 0 saturated heterocycles. The highest BCUT2D eigenvalue weighted by atomic mass is 16.2. The van der Waals surface area contributed by atoms with Crippen LogP contribution in [0.3, 0.4) is 0 Å². The first-order valence-corrected chi connectivity index (χ1v) is 8.74. The Labute approximate surface area is 162 Å². The molecule has 7 nitrogen and oxygen atoms in total. The van der Waals surface area contributed by atoms with Crippen LogP contribution in [0, 0.1) is 6.92 Å². The van der Waals surface area contributed by atoms with Crippen LogP contribution in [0.5, 0.6) is 0 Å². The van der Waals surface area contributed by atoms with E-state index in [0.29, 0.717) is 22.9 Å². The molecule has 142 valence electrons. The summed E-state index contributed by atoms with van der Waals surface area (Å²) in [4.78, 5) is 40.3. The molecule has 7 heteroatoms. The number of carbonyl (C=O) groups is 2.